The molecule has 1 saturated carbocycles. The zero-order valence-electron chi connectivity index (χ0n) is 15.8. The van der Waals surface area contributed by atoms with Gasteiger partial charge in [0.15, 0.2) is 0 Å². The first-order valence-corrected chi connectivity index (χ1v) is 10.1. The summed E-state index contributed by atoms with van der Waals surface area (Å²) in [6.07, 6.45) is 3.58. The van der Waals surface area contributed by atoms with E-state index in [0.717, 1.165) is 11.8 Å². The minimum absolute atomic E-state index is 0.316. The summed E-state index contributed by atoms with van der Waals surface area (Å²) in [5.41, 5.74) is -0.439. The molecule has 1 aliphatic carbocycles. The first-order chi connectivity index (χ1) is 10.7. The van der Waals surface area contributed by atoms with E-state index in [1.807, 2.05) is 20.8 Å². The first kappa shape index (κ1) is 20.6. The van der Waals surface area contributed by atoms with Crippen molar-refractivity contribution < 1.29 is 9.53 Å². The fraction of sp³-hybridized carbons (Fsp3) is 0.944. The van der Waals surface area contributed by atoms with E-state index in [9.17, 15) is 4.79 Å². The Balaban J connectivity index is 2.31. The Hall–Kier alpha value is -0.420. The second kappa shape index (κ2) is 9.77. The predicted octanol–water partition coefficient (Wildman–Crippen LogP) is 4.05. The van der Waals surface area contributed by atoms with E-state index in [-0.39, 0.29) is 6.09 Å². The van der Waals surface area contributed by atoms with Crippen LogP contribution in [-0.2, 0) is 4.74 Å². The van der Waals surface area contributed by atoms with Gasteiger partial charge in [-0.15, -0.1) is 0 Å². The van der Waals surface area contributed by atoms with Crippen molar-refractivity contribution in [3.05, 3.63) is 0 Å². The van der Waals surface area contributed by atoms with Crippen molar-refractivity contribution in [3.63, 3.8) is 0 Å². The Labute approximate surface area is 146 Å². The van der Waals surface area contributed by atoms with E-state index in [1.54, 1.807) is 0 Å². The number of amides is 1. The fourth-order valence-electron chi connectivity index (χ4n) is 2.90. The highest BCUT2D eigenvalue weighted by molar-refractivity contribution is 7.99. The van der Waals surface area contributed by atoms with Crippen molar-refractivity contribution in [1.29, 1.82) is 0 Å². The van der Waals surface area contributed by atoms with Gasteiger partial charge < -0.3 is 15.4 Å². The molecular weight excluding hydrogens is 308 g/mol. The maximum Gasteiger partial charge on any atom is 0.407 e. The number of hydrogen-bond acceptors (Lipinski definition) is 4. The van der Waals surface area contributed by atoms with E-state index >= 15 is 0 Å². The largest absolute Gasteiger partial charge is 0.444 e. The fourth-order valence-corrected chi connectivity index (χ4v) is 4.05. The Bertz CT molecular complexity index is 355. The van der Waals surface area contributed by atoms with Crippen LogP contribution in [0.1, 0.15) is 60.8 Å². The van der Waals surface area contributed by atoms with Crippen molar-refractivity contribution in [2.75, 3.05) is 18.8 Å². The van der Waals surface area contributed by atoms with Crippen LogP contribution in [0.2, 0.25) is 0 Å². The molecule has 5 heteroatoms. The SMILES string of the molecule is CCSC1CCC(NCC(CNC(=O)OC(C)(C)C)C(C)C)C1. The number of carbonyl (C=O) groups is 1. The second-order valence-electron chi connectivity index (χ2n) is 7.88. The van der Waals surface area contributed by atoms with E-state index in [1.165, 1.54) is 25.0 Å². The molecule has 1 fully saturated rings. The molecule has 4 nitrogen and oxygen atoms in total. The maximum atomic E-state index is 11.8. The topological polar surface area (TPSA) is 50.4 Å². The lowest BCUT2D eigenvalue weighted by Gasteiger charge is -2.25. The molecule has 3 unspecified atom stereocenters. The Morgan fingerprint density at radius 1 is 1.26 bits per heavy atom. The van der Waals surface area contributed by atoms with Gasteiger partial charge in [0.25, 0.3) is 0 Å². The van der Waals surface area contributed by atoms with Crippen molar-refractivity contribution in [3.8, 4) is 0 Å². The van der Waals surface area contributed by atoms with Crippen LogP contribution in [0.4, 0.5) is 4.79 Å². The molecule has 0 aromatic carbocycles. The van der Waals surface area contributed by atoms with Crippen LogP contribution in [0, 0.1) is 11.8 Å². The molecule has 23 heavy (non-hydrogen) atoms. The zero-order valence-corrected chi connectivity index (χ0v) is 16.6. The smallest absolute Gasteiger partial charge is 0.407 e. The van der Waals surface area contributed by atoms with Gasteiger partial charge in [-0.3, -0.25) is 0 Å². The number of rotatable bonds is 8. The van der Waals surface area contributed by atoms with Crippen LogP contribution in [-0.4, -0.2) is 41.8 Å². The van der Waals surface area contributed by atoms with Crippen LogP contribution in [0.25, 0.3) is 0 Å². The van der Waals surface area contributed by atoms with E-state index < -0.39 is 5.60 Å². The molecule has 0 spiro atoms. The molecular formula is C18H36N2O2S. The van der Waals surface area contributed by atoms with E-state index in [2.05, 4.69) is 43.2 Å². The van der Waals surface area contributed by atoms with Gasteiger partial charge in [-0.1, -0.05) is 20.8 Å². The summed E-state index contributed by atoms with van der Waals surface area (Å²) in [6.45, 7) is 14.0. The number of nitrogens with one attached hydrogen (secondary N) is 2. The average Bonchev–Trinajstić information content (AvgIpc) is 2.84. The van der Waals surface area contributed by atoms with Gasteiger partial charge in [-0.2, -0.15) is 11.8 Å². The summed E-state index contributed by atoms with van der Waals surface area (Å²) in [4.78, 5) is 11.8. The zero-order chi connectivity index (χ0) is 17.5. The van der Waals surface area contributed by atoms with Crippen molar-refractivity contribution in [2.24, 2.45) is 11.8 Å². The normalized spacial score (nSPS) is 23.1. The summed E-state index contributed by atoms with van der Waals surface area (Å²) in [6, 6.07) is 0.641. The molecule has 0 bridgehead atoms. The van der Waals surface area contributed by atoms with E-state index in [4.69, 9.17) is 4.74 Å². The van der Waals surface area contributed by atoms with E-state index in [0.29, 0.717) is 24.4 Å². The molecule has 136 valence electrons. The highest BCUT2D eigenvalue weighted by Crippen LogP contribution is 2.29. The summed E-state index contributed by atoms with van der Waals surface area (Å²) in [7, 11) is 0. The van der Waals surface area contributed by atoms with Crippen molar-refractivity contribution >= 4 is 17.9 Å². The van der Waals surface area contributed by atoms with Gasteiger partial charge >= 0.3 is 6.09 Å². The lowest BCUT2D eigenvalue weighted by molar-refractivity contribution is 0.0514. The molecule has 0 saturated heterocycles. The summed E-state index contributed by atoms with van der Waals surface area (Å²) < 4.78 is 5.31. The molecule has 1 amide bonds. The third kappa shape index (κ3) is 8.85. The molecule has 0 aromatic rings. The minimum atomic E-state index is -0.439. The van der Waals surface area contributed by atoms with Gasteiger partial charge in [-0.05, 0) is 57.6 Å². The highest BCUT2D eigenvalue weighted by Gasteiger charge is 2.25. The van der Waals surface area contributed by atoms with Crippen LogP contribution < -0.4 is 10.6 Å². The average molecular weight is 345 g/mol. The summed E-state index contributed by atoms with van der Waals surface area (Å²) in [5, 5.41) is 7.47. The molecule has 1 rings (SSSR count). The third-order valence-electron chi connectivity index (χ3n) is 4.31. The third-order valence-corrected chi connectivity index (χ3v) is 5.54. The molecule has 2 N–H and O–H groups in total. The Kier molecular flexibility index (Phi) is 8.76. The van der Waals surface area contributed by atoms with Crippen LogP contribution in [0.5, 0.6) is 0 Å². The Morgan fingerprint density at radius 3 is 2.52 bits per heavy atom. The molecule has 0 radical (unpaired) electrons. The van der Waals surface area contributed by atoms with Gasteiger partial charge in [0.1, 0.15) is 5.60 Å². The minimum Gasteiger partial charge on any atom is -0.444 e. The number of alkyl carbamates (subject to hydrolysis) is 1. The number of carbonyl (C=O) groups excluding carboxylic acids is 1. The first-order valence-electron chi connectivity index (χ1n) is 9.03. The number of thioether (sulfide) groups is 1. The summed E-state index contributed by atoms with van der Waals surface area (Å²) in [5.74, 6) is 2.17. The molecule has 1 aliphatic rings. The standard InChI is InChI=1S/C18H36N2O2S/c1-7-23-16-9-8-15(10-16)19-11-14(13(2)3)12-20-17(21)22-18(4,5)6/h13-16,19H,7-12H2,1-6H3,(H,20,21). The summed E-state index contributed by atoms with van der Waals surface area (Å²) >= 11 is 2.09. The lowest BCUT2D eigenvalue weighted by Crippen LogP contribution is -2.41. The lowest BCUT2D eigenvalue weighted by atomic mass is 9.95. The quantitative estimate of drug-likeness (QED) is 0.697. The monoisotopic (exact) mass is 344 g/mol. The van der Waals surface area contributed by atoms with Gasteiger partial charge in [0.05, 0.1) is 0 Å². The van der Waals surface area contributed by atoms with Crippen molar-refractivity contribution in [1.82, 2.24) is 10.6 Å². The highest BCUT2D eigenvalue weighted by atomic mass is 32.2. The van der Waals surface area contributed by atoms with Gasteiger partial charge in [0, 0.05) is 24.4 Å². The number of ether oxygens (including phenoxy) is 1. The van der Waals surface area contributed by atoms with Crippen LogP contribution in [0.3, 0.4) is 0 Å². The van der Waals surface area contributed by atoms with Crippen LogP contribution in [0.15, 0.2) is 0 Å². The molecule has 0 aliphatic heterocycles. The molecule has 0 heterocycles. The number of hydrogen-bond donors (Lipinski definition) is 2. The van der Waals surface area contributed by atoms with Crippen molar-refractivity contribution in [2.45, 2.75) is 77.7 Å². The maximum absolute atomic E-state index is 11.8. The molecule has 3 atom stereocenters. The van der Waals surface area contributed by atoms with Gasteiger partial charge in [-0.25, -0.2) is 4.79 Å². The van der Waals surface area contributed by atoms with Crippen LogP contribution >= 0.6 is 11.8 Å². The molecule has 0 aromatic heterocycles. The Morgan fingerprint density at radius 2 is 1.96 bits per heavy atom. The predicted molar refractivity (Wildman–Crippen MR) is 100 cm³/mol. The van der Waals surface area contributed by atoms with Gasteiger partial charge in [0.2, 0.25) is 0 Å². The second-order valence-corrected chi connectivity index (χ2v) is 9.46.